The predicted octanol–water partition coefficient (Wildman–Crippen LogP) is 4.35. The summed E-state index contributed by atoms with van der Waals surface area (Å²) in [7, 11) is 0. The number of nitrogens with zero attached hydrogens (tertiary/aromatic N) is 1. The third-order valence-corrected chi connectivity index (χ3v) is 3.94. The number of halogens is 1. The zero-order valence-corrected chi connectivity index (χ0v) is 12.5. The van der Waals surface area contributed by atoms with Gasteiger partial charge in [0.05, 0.1) is 16.4 Å². The number of nitro groups is 1. The van der Waals surface area contributed by atoms with Crippen LogP contribution in [0.2, 0.25) is 5.02 Å². The first kappa shape index (κ1) is 15.5. The molecule has 0 radical (unpaired) electrons. The topological polar surface area (TPSA) is 69.4 Å². The Labute approximate surface area is 130 Å². The maximum Gasteiger partial charge on any atom is 0.288 e. The van der Waals surface area contributed by atoms with Crippen molar-refractivity contribution in [3.05, 3.63) is 55.7 Å². The molecule has 0 unspecified atom stereocenters. The highest BCUT2D eigenvalue weighted by Crippen LogP contribution is 2.28. The molecule has 0 aliphatic heterocycles. The second kappa shape index (κ2) is 7.19. The number of rotatable bonds is 7. The summed E-state index contributed by atoms with van der Waals surface area (Å²) < 4.78 is 5.43. The minimum Gasteiger partial charge on any atom is -0.494 e. The molecule has 1 aromatic carbocycles. The first-order valence-electron chi connectivity index (χ1n) is 6.21. The van der Waals surface area contributed by atoms with Gasteiger partial charge < -0.3 is 4.74 Å². The van der Waals surface area contributed by atoms with E-state index in [-0.39, 0.29) is 16.5 Å². The summed E-state index contributed by atoms with van der Waals surface area (Å²) in [5, 5.41) is 12.5. The van der Waals surface area contributed by atoms with E-state index in [0.29, 0.717) is 25.2 Å². The molecule has 0 aliphatic rings. The second-order valence-corrected chi connectivity index (χ2v) is 5.58. The number of ketones is 1. The fraction of sp³-hybridized carbons (Fsp3) is 0.214. The van der Waals surface area contributed by atoms with Gasteiger partial charge in [-0.15, -0.1) is 11.3 Å². The van der Waals surface area contributed by atoms with Crippen molar-refractivity contribution >= 4 is 34.4 Å². The molecule has 0 atom stereocenters. The molecule has 7 heteroatoms. The van der Waals surface area contributed by atoms with Gasteiger partial charge in [0.25, 0.3) is 5.69 Å². The van der Waals surface area contributed by atoms with Crippen molar-refractivity contribution in [2.24, 2.45) is 0 Å². The van der Waals surface area contributed by atoms with Crippen molar-refractivity contribution in [2.45, 2.75) is 12.8 Å². The van der Waals surface area contributed by atoms with Crippen LogP contribution in [0.1, 0.15) is 22.5 Å². The van der Waals surface area contributed by atoms with Gasteiger partial charge in [-0.3, -0.25) is 14.9 Å². The van der Waals surface area contributed by atoms with E-state index in [4.69, 9.17) is 16.3 Å². The number of nitro benzene ring substituents is 1. The summed E-state index contributed by atoms with van der Waals surface area (Å²) in [5.74, 6) is 0.546. The van der Waals surface area contributed by atoms with E-state index >= 15 is 0 Å². The smallest absolute Gasteiger partial charge is 0.288 e. The van der Waals surface area contributed by atoms with E-state index in [0.717, 1.165) is 4.88 Å². The van der Waals surface area contributed by atoms with Crippen molar-refractivity contribution in [3.63, 3.8) is 0 Å². The summed E-state index contributed by atoms with van der Waals surface area (Å²) in [4.78, 5) is 22.6. The monoisotopic (exact) mass is 325 g/mol. The number of thiophene rings is 1. The van der Waals surface area contributed by atoms with Crippen LogP contribution in [0.4, 0.5) is 5.69 Å². The number of hydrogen-bond acceptors (Lipinski definition) is 5. The molecule has 2 rings (SSSR count). The lowest BCUT2D eigenvalue weighted by atomic mass is 10.2. The van der Waals surface area contributed by atoms with Gasteiger partial charge in [-0.1, -0.05) is 17.7 Å². The zero-order valence-electron chi connectivity index (χ0n) is 11.0. The Morgan fingerprint density at radius 1 is 1.38 bits per heavy atom. The van der Waals surface area contributed by atoms with Crippen molar-refractivity contribution in [1.29, 1.82) is 0 Å². The van der Waals surface area contributed by atoms with Gasteiger partial charge in [-0.2, -0.15) is 0 Å². The predicted molar refractivity (Wildman–Crippen MR) is 81.5 cm³/mol. The average molecular weight is 326 g/mol. The minimum atomic E-state index is -0.550. The van der Waals surface area contributed by atoms with Gasteiger partial charge in [0.2, 0.25) is 0 Å². The number of benzene rings is 1. The Morgan fingerprint density at radius 3 is 2.81 bits per heavy atom. The molecule has 0 bridgehead atoms. The molecule has 110 valence electrons. The lowest BCUT2D eigenvalue weighted by Crippen LogP contribution is -2.02. The van der Waals surface area contributed by atoms with Crippen LogP contribution >= 0.6 is 22.9 Å². The molecule has 0 fully saturated rings. The number of ether oxygens (including phenoxy) is 1. The van der Waals surface area contributed by atoms with Crippen LogP contribution in [0.15, 0.2) is 35.7 Å². The molecule has 1 aromatic heterocycles. The molecule has 0 saturated carbocycles. The van der Waals surface area contributed by atoms with Gasteiger partial charge in [0.15, 0.2) is 5.78 Å². The quantitative estimate of drug-likeness (QED) is 0.328. The lowest BCUT2D eigenvalue weighted by molar-refractivity contribution is -0.384. The van der Waals surface area contributed by atoms with Gasteiger partial charge in [0.1, 0.15) is 10.8 Å². The average Bonchev–Trinajstić information content (AvgIpc) is 2.97. The van der Waals surface area contributed by atoms with Crippen LogP contribution in [-0.2, 0) is 0 Å². The lowest BCUT2D eigenvalue weighted by Gasteiger charge is -2.06. The van der Waals surface area contributed by atoms with E-state index in [9.17, 15) is 14.9 Å². The first-order valence-corrected chi connectivity index (χ1v) is 7.47. The minimum absolute atomic E-state index is 0.0344. The number of hydrogen-bond donors (Lipinski definition) is 0. The Bertz CT molecular complexity index is 642. The number of carbonyl (C=O) groups excluding carboxylic acids is 1. The normalized spacial score (nSPS) is 10.3. The molecule has 0 N–H and O–H groups in total. The van der Waals surface area contributed by atoms with Crippen LogP contribution in [0, 0.1) is 10.1 Å². The Balaban J connectivity index is 1.80. The van der Waals surface area contributed by atoms with E-state index in [2.05, 4.69) is 0 Å². The fourth-order valence-electron chi connectivity index (χ4n) is 1.71. The van der Waals surface area contributed by atoms with Gasteiger partial charge >= 0.3 is 0 Å². The summed E-state index contributed by atoms with van der Waals surface area (Å²) in [6, 6.07) is 7.83. The summed E-state index contributed by atoms with van der Waals surface area (Å²) in [5.41, 5.74) is -0.156. The molecular weight excluding hydrogens is 314 g/mol. The van der Waals surface area contributed by atoms with Crippen LogP contribution < -0.4 is 4.74 Å². The van der Waals surface area contributed by atoms with Gasteiger partial charge in [0, 0.05) is 18.6 Å². The SMILES string of the molecule is O=C(CCCOc1ccc([N+](=O)[O-])c(Cl)c1)c1cccs1. The van der Waals surface area contributed by atoms with E-state index < -0.39 is 4.92 Å². The maximum atomic E-state index is 11.7. The summed E-state index contributed by atoms with van der Waals surface area (Å²) in [6.07, 6.45) is 0.979. The van der Waals surface area contributed by atoms with E-state index in [1.54, 1.807) is 6.07 Å². The molecule has 0 amide bonds. The van der Waals surface area contributed by atoms with Gasteiger partial charge in [-0.25, -0.2) is 0 Å². The third kappa shape index (κ3) is 4.27. The van der Waals surface area contributed by atoms with E-state index in [1.165, 1.54) is 29.5 Å². The zero-order chi connectivity index (χ0) is 15.2. The summed E-state index contributed by atoms with van der Waals surface area (Å²) >= 11 is 7.20. The maximum absolute atomic E-state index is 11.7. The Hall–Kier alpha value is -1.92. The molecular formula is C14H12ClNO4S. The van der Waals surface area contributed by atoms with Crippen molar-refractivity contribution < 1.29 is 14.5 Å². The van der Waals surface area contributed by atoms with Crippen molar-refractivity contribution in [2.75, 3.05) is 6.61 Å². The Kier molecular flexibility index (Phi) is 5.30. The highest BCUT2D eigenvalue weighted by molar-refractivity contribution is 7.12. The fourth-order valence-corrected chi connectivity index (χ4v) is 2.64. The van der Waals surface area contributed by atoms with Crippen molar-refractivity contribution in [1.82, 2.24) is 0 Å². The highest BCUT2D eigenvalue weighted by Gasteiger charge is 2.12. The second-order valence-electron chi connectivity index (χ2n) is 4.22. The standard InChI is InChI=1S/C14H12ClNO4S/c15-11-9-10(5-6-12(11)16(18)19)20-7-1-3-13(17)14-4-2-8-21-14/h2,4-6,8-9H,1,3,7H2. The third-order valence-electron chi connectivity index (χ3n) is 2.73. The molecule has 0 aliphatic carbocycles. The molecule has 0 saturated heterocycles. The van der Waals surface area contributed by atoms with Crippen LogP contribution in [0.25, 0.3) is 0 Å². The van der Waals surface area contributed by atoms with Crippen molar-refractivity contribution in [3.8, 4) is 5.75 Å². The van der Waals surface area contributed by atoms with Crippen LogP contribution in [0.3, 0.4) is 0 Å². The molecule has 21 heavy (non-hydrogen) atoms. The number of carbonyl (C=O) groups is 1. The first-order chi connectivity index (χ1) is 10.1. The van der Waals surface area contributed by atoms with Crippen LogP contribution in [0.5, 0.6) is 5.75 Å². The molecule has 2 aromatic rings. The molecule has 5 nitrogen and oxygen atoms in total. The highest BCUT2D eigenvalue weighted by atomic mass is 35.5. The molecule has 0 spiro atoms. The largest absolute Gasteiger partial charge is 0.494 e. The van der Waals surface area contributed by atoms with Crippen LogP contribution in [-0.4, -0.2) is 17.3 Å². The summed E-state index contributed by atoms with van der Waals surface area (Å²) in [6.45, 7) is 0.352. The molecule has 1 heterocycles. The number of Topliss-reactive ketones (excluding diaryl/α,β-unsaturated/α-hetero) is 1. The Morgan fingerprint density at radius 2 is 2.19 bits per heavy atom. The van der Waals surface area contributed by atoms with E-state index in [1.807, 2.05) is 11.4 Å². The van der Waals surface area contributed by atoms with Gasteiger partial charge in [-0.05, 0) is 23.9 Å².